The van der Waals surface area contributed by atoms with E-state index in [1.165, 1.54) is 96.3 Å². The van der Waals surface area contributed by atoms with Crippen LogP contribution in [-0.4, -0.2) is 35.9 Å². The topological polar surface area (TPSA) is 52.6 Å². The molecular weight excluding hydrogens is 324 g/mol. The van der Waals surface area contributed by atoms with Gasteiger partial charge in [0.25, 0.3) is 0 Å². The van der Waals surface area contributed by atoms with Crippen molar-refractivity contribution < 1.29 is 9.90 Å². The Labute approximate surface area is 163 Å². The smallest absolute Gasteiger partial charge is 0.319 e. The van der Waals surface area contributed by atoms with Gasteiger partial charge in [0.15, 0.2) is 0 Å². The zero-order valence-corrected chi connectivity index (χ0v) is 17.7. The zero-order chi connectivity index (χ0) is 19.3. The normalized spacial score (nSPS) is 10.9. The van der Waals surface area contributed by atoms with Gasteiger partial charge in [0.1, 0.15) is 6.73 Å². The van der Waals surface area contributed by atoms with E-state index in [2.05, 4.69) is 12.2 Å². The van der Waals surface area contributed by atoms with Crippen LogP contribution < -0.4 is 5.32 Å². The largest absolute Gasteiger partial charge is 0.376 e. The average molecular weight is 371 g/mol. The lowest BCUT2D eigenvalue weighted by Gasteiger charge is -2.20. The van der Waals surface area contributed by atoms with Crippen LogP contribution in [0.25, 0.3) is 0 Å². The standard InChI is InChI=1S/C22H46N2O2/c1-3-5-6-7-8-9-10-11-12-13-14-15-16-17-18-19-20-24(4-2)22(26)23-21-25/h25H,3-21H2,1-2H3,(H,23,26). The van der Waals surface area contributed by atoms with E-state index in [0.717, 1.165) is 13.0 Å². The minimum absolute atomic E-state index is 0.157. The highest BCUT2D eigenvalue weighted by Gasteiger charge is 2.09. The summed E-state index contributed by atoms with van der Waals surface area (Å²) >= 11 is 0. The SMILES string of the molecule is CCCCCCCCCCCCCCCCCCN(CC)C(=O)NCO. The van der Waals surface area contributed by atoms with Crippen LogP contribution >= 0.6 is 0 Å². The number of aliphatic hydroxyl groups is 1. The first-order valence-corrected chi connectivity index (χ1v) is 11.4. The first-order valence-electron chi connectivity index (χ1n) is 11.4. The second kappa shape index (κ2) is 20.5. The van der Waals surface area contributed by atoms with Gasteiger partial charge in [-0.25, -0.2) is 4.79 Å². The van der Waals surface area contributed by atoms with Gasteiger partial charge in [-0.3, -0.25) is 0 Å². The lowest BCUT2D eigenvalue weighted by atomic mass is 10.0. The summed E-state index contributed by atoms with van der Waals surface area (Å²) in [4.78, 5) is 13.4. The van der Waals surface area contributed by atoms with Gasteiger partial charge in [0, 0.05) is 13.1 Å². The van der Waals surface area contributed by atoms with Crippen molar-refractivity contribution in [3.05, 3.63) is 0 Å². The fraction of sp³-hybridized carbons (Fsp3) is 0.955. The second-order valence-electron chi connectivity index (χ2n) is 7.52. The third kappa shape index (κ3) is 16.7. The van der Waals surface area contributed by atoms with E-state index in [1.54, 1.807) is 4.90 Å². The van der Waals surface area contributed by atoms with Gasteiger partial charge < -0.3 is 15.3 Å². The number of rotatable bonds is 19. The van der Waals surface area contributed by atoms with Crippen molar-refractivity contribution in [1.29, 1.82) is 0 Å². The van der Waals surface area contributed by atoms with Crippen LogP contribution in [0.1, 0.15) is 117 Å². The van der Waals surface area contributed by atoms with Crippen LogP contribution in [0.3, 0.4) is 0 Å². The van der Waals surface area contributed by atoms with Gasteiger partial charge in [-0.05, 0) is 13.3 Å². The van der Waals surface area contributed by atoms with Crippen molar-refractivity contribution in [3.8, 4) is 0 Å². The molecule has 0 rings (SSSR count). The molecule has 4 nitrogen and oxygen atoms in total. The molecule has 0 aliphatic carbocycles. The summed E-state index contributed by atoms with van der Waals surface area (Å²) in [5.41, 5.74) is 0. The molecule has 26 heavy (non-hydrogen) atoms. The molecule has 0 aromatic rings. The summed E-state index contributed by atoms with van der Waals surface area (Å²) in [5.74, 6) is 0. The number of carbonyl (C=O) groups is 1. The molecule has 2 amide bonds. The molecule has 0 saturated carbocycles. The maximum absolute atomic E-state index is 11.6. The molecule has 0 radical (unpaired) electrons. The van der Waals surface area contributed by atoms with E-state index in [-0.39, 0.29) is 12.8 Å². The summed E-state index contributed by atoms with van der Waals surface area (Å²) in [6, 6.07) is -0.157. The van der Waals surface area contributed by atoms with Crippen molar-refractivity contribution in [1.82, 2.24) is 10.2 Å². The Balaban J connectivity index is 3.23. The fourth-order valence-corrected chi connectivity index (χ4v) is 3.43. The molecule has 4 heteroatoms. The summed E-state index contributed by atoms with van der Waals surface area (Å²) in [7, 11) is 0. The highest BCUT2D eigenvalue weighted by atomic mass is 16.3. The number of amides is 2. The molecule has 0 saturated heterocycles. The first kappa shape index (κ1) is 25.2. The molecule has 2 N–H and O–H groups in total. The van der Waals surface area contributed by atoms with E-state index in [1.807, 2.05) is 6.92 Å². The van der Waals surface area contributed by atoms with Gasteiger partial charge >= 0.3 is 6.03 Å². The Morgan fingerprint density at radius 3 is 1.42 bits per heavy atom. The monoisotopic (exact) mass is 370 g/mol. The van der Waals surface area contributed by atoms with Crippen LogP contribution in [0, 0.1) is 0 Å². The molecule has 0 aromatic carbocycles. The summed E-state index contributed by atoms with van der Waals surface area (Å²) in [5, 5.41) is 11.2. The third-order valence-corrected chi connectivity index (χ3v) is 5.18. The minimum atomic E-state index is -0.283. The number of urea groups is 1. The van der Waals surface area contributed by atoms with Crippen LogP contribution in [0.2, 0.25) is 0 Å². The number of hydrogen-bond acceptors (Lipinski definition) is 2. The maximum Gasteiger partial charge on any atom is 0.319 e. The molecule has 0 aliphatic rings. The molecule has 156 valence electrons. The summed E-state index contributed by atoms with van der Waals surface area (Å²) in [6.45, 7) is 5.46. The molecule has 0 unspecified atom stereocenters. The van der Waals surface area contributed by atoms with Gasteiger partial charge in [-0.15, -0.1) is 0 Å². The average Bonchev–Trinajstić information content (AvgIpc) is 2.64. The molecule has 0 aliphatic heterocycles. The molecule has 0 fully saturated rings. The Morgan fingerprint density at radius 2 is 1.08 bits per heavy atom. The van der Waals surface area contributed by atoms with Gasteiger partial charge in [0.05, 0.1) is 0 Å². The predicted molar refractivity (Wildman–Crippen MR) is 112 cm³/mol. The number of nitrogens with one attached hydrogen (secondary N) is 1. The number of nitrogens with zero attached hydrogens (tertiary/aromatic N) is 1. The molecular formula is C22H46N2O2. The zero-order valence-electron chi connectivity index (χ0n) is 17.7. The van der Waals surface area contributed by atoms with E-state index >= 15 is 0 Å². The Morgan fingerprint density at radius 1 is 0.692 bits per heavy atom. The predicted octanol–water partition coefficient (Wildman–Crippen LogP) is 6.23. The van der Waals surface area contributed by atoms with Gasteiger partial charge in [0.2, 0.25) is 0 Å². The third-order valence-electron chi connectivity index (χ3n) is 5.18. The lowest BCUT2D eigenvalue weighted by Crippen LogP contribution is -2.40. The summed E-state index contributed by atoms with van der Waals surface area (Å²) in [6.07, 6.45) is 21.8. The molecule has 0 bridgehead atoms. The van der Waals surface area contributed by atoms with E-state index in [4.69, 9.17) is 5.11 Å². The van der Waals surface area contributed by atoms with Gasteiger partial charge in [-0.1, -0.05) is 103 Å². The van der Waals surface area contributed by atoms with Crippen molar-refractivity contribution >= 4 is 6.03 Å². The van der Waals surface area contributed by atoms with Crippen molar-refractivity contribution in [2.24, 2.45) is 0 Å². The molecule has 0 heterocycles. The Bertz CT molecular complexity index is 298. The number of unbranched alkanes of at least 4 members (excludes halogenated alkanes) is 15. The van der Waals surface area contributed by atoms with Gasteiger partial charge in [-0.2, -0.15) is 0 Å². The van der Waals surface area contributed by atoms with Crippen LogP contribution in [0.4, 0.5) is 4.79 Å². The van der Waals surface area contributed by atoms with Crippen molar-refractivity contribution in [2.45, 2.75) is 117 Å². The van der Waals surface area contributed by atoms with Crippen molar-refractivity contribution in [2.75, 3.05) is 19.8 Å². The highest BCUT2D eigenvalue weighted by Crippen LogP contribution is 2.13. The van der Waals surface area contributed by atoms with Crippen molar-refractivity contribution in [3.63, 3.8) is 0 Å². The highest BCUT2D eigenvalue weighted by molar-refractivity contribution is 5.73. The number of hydrogen-bond donors (Lipinski definition) is 2. The second-order valence-corrected chi connectivity index (χ2v) is 7.52. The quantitative estimate of drug-likeness (QED) is 0.209. The fourth-order valence-electron chi connectivity index (χ4n) is 3.43. The number of aliphatic hydroxyl groups excluding tert-OH is 1. The van der Waals surface area contributed by atoms with E-state index < -0.39 is 0 Å². The van der Waals surface area contributed by atoms with Crippen LogP contribution in [0.15, 0.2) is 0 Å². The molecule has 0 atom stereocenters. The van der Waals surface area contributed by atoms with E-state index in [0.29, 0.717) is 6.54 Å². The van der Waals surface area contributed by atoms with Crippen LogP contribution in [-0.2, 0) is 0 Å². The van der Waals surface area contributed by atoms with Crippen LogP contribution in [0.5, 0.6) is 0 Å². The van der Waals surface area contributed by atoms with E-state index in [9.17, 15) is 4.79 Å². The molecule has 0 spiro atoms. The number of carbonyl (C=O) groups excluding carboxylic acids is 1. The molecule has 0 aromatic heterocycles. The Hall–Kier alpha value is -0.770. The summed E-state index contributed by atoms with van der Waals surface area (Å²) < 4.78 is 0. The minimum Gasteiger partial charge on any atom is -0.376 e. The lowest BCUT2D eigenvalue weighted by molar-refractivity contribution is 0.181. The maximum atomic E-state index is 11.6. The first-order chi connectivity index (χ1) is 12.8. The Kier molecular flexibility index (Phi) is 19.9.